The van der Waals surface area contributed by atoms with Gasteiger partial charge in [0.2, 0.25) is 10.0 Å². The number of amides is 1. The summed E-state index contributed by atoms with van der Waals surface area (Å²) in [4.78, 5) is 12.3. The van der Waals surface area contributed by atoms with Crippen LogP contribution in [0.5, 0.6) is 0 Å². The van der Waals surface area contributed by atoms with E-state index in [1.807, 2.05) is 32.9 Å². The summed E-state index contributed by atoms with van der Waals surface area (Å²) in [6.07, 6.45) is 1.87. The summed E-state index contributed by atoms with van der Waals surface area (Å²) in [6, 6.07) is 7.23. The second kappa shape index (κ2) is 7.59. The van der Waals surface area contributed by atoms with E-state index in [2.05, 4.69) is 25.6 Å². The highest BCUT2D eigenvalue weighted by atomic mass is 32.2. The topological polar surface area (TPSA) is 125 Å². The molecule has 1 saturated carbocycles. The predicted molar refractivity (Wildman–Crippen MR) is 112 cm³/mol. The third-order valence-corrected chi connectivity index (χ3v) is 6.80. The first-order valence-corrected chi connectivity index (χ1v) is 11.5. The number of nitrogens with zero attached hydrogens (tertiary/aromatic N) is 1. The van der Waals surface area contributed by atoms with Crippen LogP contribution < -0.4 is 15.4 Å². The molecule has 1 aliphatic carbocycles. The molecule has 0 radical (unpaired) electrons. The summed E-state index contributed by atoms with van der Waals surface area (Å²) in [7, 11) is -3.50. The maximum atomic E-state index is 12.3. The fraction of sp³-hybridized carbons (Fsp3) is 0.500. The SMILES string of the molecule is CC(C)(C)NC(=O)O[C@@H]1CC[C@H](c2cc(Nc3cccc4c3S(=O)(=O)NC4)n[nH]2)C1. The number of aromatic amines is 1. The van der Waals surface area contributed by atoms with Gasteiger partial charge in [0.15, 0.2) is 5.82 Å². The van der Waals surface area contributed by atoms with E-state index in [0.717, 1.165) is 30.5 Å². The van der Waals surface area contributed by atoms with Gasteiger partial charge in [0.05, 0.1) is 5.69 Å². The quantitative estimate of drug-likeness (QED) is 0.587. The predicted octanol–water partition coefficient (Wildman–Crippen LogP) is 3.11. The Morgan fingerprint density at radius 1 is 1.27 bits per heavy atom. The zero-order valence-corrected chi connectivity index (χ0v) is 18.1. The summed E-state index contributed by atoms with van der Waals surface area (Å²) < 4.78 is 32.6. The zero-order chi connectivity index (χ0) is 21.5. The Morgan fingerprint density at radius 2 is 2.07 bits per heavy atom. The number of sulfonamides is 1. The van der Waals surface area contributed by atoms with E-state index in [1.165, 1.54) is 0 Å². The molecule has 4 N–H and O–H groups in total. The Hall–Kier alpha value is -2.59. The van der Waals surface area contributed by atoms with Gasteiger partial charge in [-0.3, -0.25) is 5.10 Å². The van der Waals surface area contributed by atoms with Crippen LogP contribution in [0.4, 0.5) is 16.3 Å². The fourth-order valence-corrected chi connectivity index (χ4v) is 5.33. The van der Waals surface area contributed by atoms with Gasteiger partial charge in [0.25, 0.3) is 0 Å². The molecule has 1 fully saturated rings. The molecule has 2 aromatic rings. The van der Waals surface area contributed by atoms with Crippen molar-refractivity contribution < 1.29 is 17.9 Å². The molecule has 1 aromatic heterocycles. The molecule has 2 heterocycles. The van der Waals surface area contributed by atoms with E-state index in [0.29, 0.717) is 18.1 Å². The summed E-state index contributed by atoms with van der Waals surface area (Å²) >= 11 is 0. The number of fused-ring (bicyclic) bond motifs is 1. The largest absolute Gasteiger partial charge is 0.446 e. The van der Waals surface area contributed by atoms with Gasteiger partial charge in [-0.1, -0.05) is 12.1 Å². The minimum absolute atomic E-state index is 0.134. The molecule has 9 nitrogen and oxygen atoms in total. The molecular formula is C20H27N5O4S. The van der Waals surface area contributed by atoms with Crippen molar-refractivity contribution in [3.63, 3.8) is 0 Å². The van der Waals surface area contributed by atoms with Gasteiger partial charge in [-0.15, -0.1) is 0 Å². The minimum Gasteiger partial charge on any atom is -0.446 e. The van der Waals surface area contributed by atoms with Crippen LogP contribution in [0.1, 0.15) is 57.2 Å². The highest BCUT2D eigenvalue weighted by Gasteiger charge is 2.31. The standard InChI is InChI=1S/C20H27N5O4S/c1-20(2,3)23-19(26)29-14-8-7-12(9-14)16-10-17(25-24-16)22-15-6-4-5-13-11-21-30(27,28)18(13)15/h4-6,10,12,14,21H,7-9,11H2,1-3H3,(H,23,26)(H2,22,24,25)/t12-,14+/m0/s1. The lowest BCUT2D eigenvalue weighted by Crippen LogP contribution is -2.42. The molecule has 0 bridgehead atoms. The molecule has 2 aliphatic rings. The van der Waals surface area contributed by atoms with Crippen LogP contribution in [0.15, 0.2) is 29.2 Å². The van der Waals surface area contributed by atoms with E-state index in [1.54, 1.807) is 12.1 Å². The van der Waals surface area contributed by atoms with Crippen molar-refractivity contribution in [3.05, 3.63) is 35.5 Å². The first-order chi connectivity index (χ1) is 14.1. The van der Waals surface area contributed by atoms with Gasteiger partial charge >= 0.3 is 6.09 Å². The zero-order valence-electron chi connectivity index (χ0n) is 17.3. The molecule has 1 amide bonds. The van der Waals surface area contributed by atoms with Crippen LogP contribution in [0.2, 0.25) is 0 Å². The van der Waals surface area contributed by atoms with Crippen molar-refractivity contribution in [2.24, 2.45) is 0 Å². The number of carbonyl (C=O) groups is 1. The Morgan fingerprint density at radius 3 is 2.83 bits per heavy atom. The van der Waals surface area contributed by atoms with Gasteiger partial charge in [-0.05, 0) is 51.7 Å². The maximum absolute atomic E-state index is 12.3. The lowest BCUT2D eigenvalue weighted by molar-refractivity contribution is 0.0936. The first kappa shape index (κ1) is 20.7. The van der Waals surface area contributed by atoms with Crippen LogP contribution in [-0.2, 0) is 21.3 Å². The van der Waals surface area contributed by atoms with Gasteiger partial charge in [0, 0.05) is 29.8 Å². The molecule has 10 heteroatoms. The molecule has 1 aromatic carbocycles. The van der Waals surface area contributed by atoms with E-state index in [4.69, 9.17) is 4.74 Å². The Kier molecular flexibility index (Phi) is 5.23. The molecule has 0 unspecified atom stereocenters. The summed E-state index contributed by atoms with van der Waals surface area (Å²) in [5, 5.41) is 13.3. The maximum Gasteiger partial charge on any atom is 0.407 e. The molecule has 4 rings (SSSR count). The number of hydrogen-bond donors (Lipinski definition) is 4. The van der Waals surface area contributed by atoms with Crippen molar-refractivity contribution in [2.45, 2.75) is 69.0 Å². The molecule has 0 spiro atoms. The van der Waals surface area contributed by atoms with E-state index in [9.17, 15) is 13.2 Å². The molecule has 0 saturated heterocycles. The third-order valence-electron chi connectivity index (χ3n) is 5.25. The van der Waals surface area contributed by atoms with Gasteiger partial charge in [-0.2, -0.15) is 5.10 Å². The molecule has 162 valence electrons. The van der Waals surface area contributed by atoms with Gasteiger partial charge in [-0.25, -0.2) is 17.9 Å². The van der Waals surface area contributed by atoms with Gasteiger partial charge in [0.1, 0.15) is 11.0 Å². The van der Waals surface area contributed by atoms with E-state index >= 15 is 0 Å². The summed E-state index contributed by atoms with van der Waals surface area (Å²) in [5.41, 5.74) is 1.84. The monoisotopic (exact) mass is 433 g/mol. The van der Waals surface area contributed by atoms with Crippen LogP contribution in [-0.4, -0.2) is 36.4 Å². The number of hydrogen-bond acceptors (Lipinski definition) is 6. The Balaban J connectivity index is 1.40. The second-order valence-corrected chi connectivity index (χ2v) is 10.6. The Bertz CT molecular complexity index is 1060. The number of carbonyl (C=O) groups excluding carboxylic acids is 1. The molecule has 2 atom stereocenters. The molecule has 1 aliphatic heterocycles. The van der Waals surface area contributed by atoms with Crippen molar-refractivity contribution >= 4 is 27.6 Å². The molecule has 30 heavy (non-hydrogen) atoms. The minimum atomic E-state index is -3.50. The van der Waals surface area contributed by atoms with E-state index < -0.39 is 16.1 Å². The van der Waals surface area contributed by atoms with Crippen molar-refractivity contribution in [1.29, 1.82) is 0 Å². The first-order valence-electron chi connectivity index (χ1n) is 10.0. The smallest absolute Gasteiger partial charge is 0.407 e. The van der Waals surface area contributed by atoms with Crippen LogP contribution in [0.25, 0.3) is 0 Å². The summed E-state index contributed by atoms with van der Waals surface area (Å²) in [5.74, 6) is 0.753. The second-order valence-electron chi connectivity index (χ2n) is 8.86. The number of ether oxygens (including phenoxy) is 1. The van der Waals surface area contributed by atoms with Crippen LogP contribution >= 0.6 is 0 Å². The number of H-pyrrole nitrogens is 1. The van der Waals surface area contributed by atoms with E-state index in [-0.39, 0.29) is 22.5 Å². The number of rotatable bonds is 4. The van der Waals surface area contributed by atoms with Crippen molar-refractivity contribution in [2.75, 3.05) is 5.32 Å². The number of alkyl carbamates (subject to hydrolysis) is 1. The van der Waals surface area contributed by atoms with Crippen molar-refractivity contribution in [3.8, 4) is 0 Å². The third kappa shape index (κ3) is 4.44. The molecular weight excluding hydrogens is 406 g/mol. The lowest BCUT2D eigenvalue weighted by Gasteiger charge is -2.22. The lowest BCUT2D eigenvalue weighted by atomic mass is 10.0. The number of aromatic nitrogens is 2. The Labute approximate surface area is 176 Å². The average Bonchev–Trinajstić information content (AvgIpc) is 3.33. The number of nitrogens with one attached hydrogen (secondary N) is 4. The van der Waals surface area contributed by atoms with Gasteiger partial charge < -0.3 is 15.4 Å². The summed E-state index contributed by atoms with van der Waals surface area (Å²) in [6.45, 7) is 6.03. The number of benzene rings is 1. The van der Waals surface area contributed by atoms with Crippen molar-refractivity contribution in [1.82, 2.24) is 20.2 Å². The average molecular weight is 434 g/mol. The fourth-order valence-electron chi connectivity index (χ4n) is 3.95. The number of anilines is 2. The highest BCUT2D eigenvalue weighted by Crippen LogP contribution is 2.37. The van der Waals surface area contributed by atoms with Crippen LogP contribution in [0.3, 0.4) is 0 Å². The van der Waals surface area contributed by atoms with Crippen LogP contribution in [0, 0.1) is 0 Å². The normalized spacial score (nSPS) is 22.5. The highest BCUT2D eigenvalue weighted by molar-refractivity contribution is 7.90.